The maximum atomic E-state index is 10.9. The molecule has 94 valence electrons. The van der Waals surface area contributed by atoms with Crippen LogP contribution in [0.3, 0.4) is 0 Å². The van der Waals surface area contributed by atoms with Gasteiger partial charge in [0, 0.05) is 4.88 Å². The SMILES string of the molecule is COC(=O)N[C@@H](CCc1ccc(Cl)s1)C(=O)O. The number of amides is 1. The summed E-state index contributed by atoms with van der Waals surface area (Å²) in [5, 5.41) is 11.2. The van der Waals surface area contributed by atoms with E-state index in [2.05, 4.69) is 10.1 Å². The highest BCUT2D eigenvalue weighted by Gasteiger charge is 2.20. The number of thiophene rings is 1. The lowest BCUT2D eigenvalue weighted by Gasteiger charge is -2.12. The molecular formula is C10H12ClNO4S. The number of carbonyl (C=O) groups is 2. The van der Waals surface area contributed by atoms with Gasteiger partial charge in [-0.25, -0.2) is 9.59 Å². The number of alkyl carbamates (subject to hydrolysis) is 1. The first-order chi connectivity index (χ1) is 8.02. The third-order valence-electron chi connectivity index (χ3n) is 2.08. The summed E-state index contributed by atoms with van der Waals surface area (Å²) in [6, 6.07) is 2.64. The van der Waals surface area contributed by atoms with Crippen LogP contribution in [0.25, 0.3) is 0 Å². The summed E-state index contributed by atoms with van der Waals surface area (Å²) in [5.41, 5.74) is 0. The van der Waals surface area contributed by atoms with Gasteiger partial charge in [0.1, 0.15) is 6.04 Å². The van der Waals surface area contributed by atoms with E-state index in [1.165, 1.54) is 18.4 Å². The molecule has 2 N–H and O–H groups in total. The van der Waals surface area contributed by atoms with Crippen molar-refractivity contribution in [3.63, 3.8) is 0 Å². The highest BCUT2D eigenvalue weighted by atomic mass is 35.5. The highest BCUT2D eigenvalue weighted by molar-refractivity contribution is 7.16. The van der Waals surface area contributed by atoms with Gasteiger partial charge >= 0.3 is 12.1 Å². The third-order valence-corrected chi connectivity index (χ3v) is 3.37. The monoisotopic (exact) mass is 277 g/mol. The van der Waals surface area contributed by atoms with Gasteiger partial charge in [-0.15, -0.1) is 11.3 Å². The van der Waals surface area contributed by atoms with Gasteiger partial charge in [0.2, 0.25) is 0 Å². The lowest BCUT2D eigenvalue weighted by atomic mass is 10.1. The van der Waals surface area contributed by atoms with Crippen LogP contribution in [0.1, 0.15) is 11.3 Å². The Bertz CT molecular complexity index is 407. The fourth-order valence-electron chi connectivity index (χ4n) is 1.23. The molecule has 0 spiro atoms. The Morgan fingerprint density at radius 2 is 2.29 bits per heavy atom. The first kappa shape index (κ1) is 13.8. The van der Waals surface area contributed by atoms with Crippen molar-refractivity contribution in [2.45, 2.75) is 18.9 Å². The third kappa shape index (κ3) is 4.62. The fraction of sp³-hybridized carbons (Fsp3) is 0.400. The number of methoxy groups -OCH3 is 1. The molecule has 0 bridgehead atoms. The zero-order chi connectivity index (χ0) is 12.8. The van der Waals surface area contributed by atoms with Crippen LogP contribution in [0.15, 0.2) is 12.1 Å². The Morgan fingerprint density at radius 1 is 1.59 bits per heavy atom. The molecule has 1 rings (SSSR count). The lowest BCUT2D eigenvalue weighted by molar-refractivity contribution is -0.139. The second kappa shape index (κ2) is 6.46. The minimum Gasteiger partial charge on any atom is -0.480 e. The summed E-state index contributed by atoms with van der Waals surface area (Å²) in [6.45, 7) is 0. The van der Waals surface area contributed by atoms with E-state index < -0.39 is 18.1 Å². The van der Waals surface area contributed by atoms with Crippen molar-refractivity contribution in [1.82, 2.24) is 5.32 Å². The molecule has 1 amide bonds. The molecule has 1 aromatic heterocycles. The Kier molecular flexibility index (Phi) is 5.24. The molecule has 1 heterocycles. The fourth-order valence-corrected chi connectivity index (χ4v) is 2.33. The number of carboxylic acid groups (broad SMARTS) is 1. The Labute approximate surface area is 107 Å². The maximum absolute atomic E-state index is 10.9. The van der Waals surface area contributed by atoms with Crippen molar-refractivity contribution < 1.29 is 19.4 Å². The molecule has 0 saturated heterocycles. The Balaban J connectivity index is 2.50. The van der Waals surface area contributed by atoms with Crippen molar-refractivity contribution in [3.05, 3.63) is 21.3 Å². The van der Waals surface area contributed by atoms with Gasteiger partial charge in [0.05, 0.1) is 11.4 Å². The number of carboxylic acids is 1. The van der Waals surface area contributed by atoms with E-state index >= 15 is 0 Å². The molecule has 1 aromatic rings. The van der Waals surface area contributed by atoms with Gasteiger partial charge in [-0.1, -0.05) is 11.6 Å². The normalized spacial score (nSPS) is 11.9. The first-order valence-corrected chi connectivity index (χ1v) is 6.04. The number of hydrogen-bond acceptors (Lipinski definition) is 4. The standard InChI is InChI=1S/C10H12ClNO4S/c1-16-10(15)12-7(9(13)14)4-2-6-3-5-8(11)17-6/h3,5,7H,2,4H2,1H3,(H,12,15)(H,13,14)/t7-/m0/s1. The van der Waals surface area contributed by atoms with Crippen LogP contribution in [0.2, 0.25) is 4.34 Å². The van der Waals surface area contributed by atoms with Crippen LogP contribution in [-0.4, -0.2) is 30.3 Å². The van der Waals surface area contributed by atoms with Gasteiger partial charge in [-0.3, -0.25) is 0 Å². The first-order valence-electron chi connectivity index (χ1n) is 4.84. The second-order valence-corrected chi connectivity index (χ2v) is 5.07. The number of halogens is 1. The smallest absolute Gasteiger partial charge is 0.407 e. The van der Waals surface area contributed by atoms with E-state index in [9.17, 15) is 9.59 Å². The van der Waals surface area contributed by atoms with Gasteiger partial charge in [-0.05, 0) is 25.0 Å². The molecule has 5 nitrogen and oxygen atoms in total. The summed E-state index contributed by atoms with van der Waals surface area (Å²) >= 11 is 7.15. The molecule has 0 fully saturated rings. The van der Waals surface area contributed by atoms with Crippen LogP contribution in [0.4, 0.5) is 4.79 Å². The van der Waals surface area contributed by atoms with Gasteiger partial charge < -0.3 is 15.2 Å². The quantitative estimate of drug-likeness (QED) is 0.865. The largest absolute Gasteiger partial charge is 0.480 e. The predicted molar refractivity (Wildman–Crippen MR) is 64.6 cm³/mol. The number of rotatable bonds is 5. The molecule has 0 saturated carbocycles. The summed E-state index contributed by atoms with van der Waals surface area (Å²) in [7, 11) is 1.19. The summed E-state index contributed by atoms with van der Waals surface area (Å²) in [5.74, 6) is -1.09. The van der Waals surface area contributed by atoms with Crippen LogP contribution >= 0.6 is 22.9 Å². The molecule has 0 radical (unpaired) electrons. The van der Waals surface area contributed by atoms with Gasteiger partial charge in [0.25, 0.3) is 0 Å². The van der Waals surface area contributed by atoms with E-state index in [1.807, 2.05) is 6.07 Å². The predicted octanol–water partition coefficient (Wildman–Crippen LogP) is 2.14. The minimum absolute atomic E-state index is 0.293. The van der Waals surface area contributed by atoms with Crippen LogP contribution in [-0.2, 0) is 16.0 Å². The van der Waals surface area contributed by atoms with Gasteiger partial charge in [0.15, 0.2) is 0 Å². The zero-order valence-corrected chi connectivity index (χ0v) is 10.7. The summed E-state index contributed by atoms with van der Waals surface area (Å²) in [6.07, 6.45) is 0.0845. The second-order valence-electron chi connectivity index (χ2n) is 3.27. The number of hydrogen-bond donors (Lipinski definition) is 2. The van der Waals surface area contributed by atoms with E-state index in [0.29, 0.717) is 17.2 Å². The van der Waals surface area contributed by atoms with Crippen molar-refractivity contribution >= 4 is 35.0 Å². The number of nitrogens with one attached hydrogen (secondary N) is 1. The van der Waals surface area contributed by atoms with Gasteiger partial charge in [-0.2, -0.15) is 0 Å². The number of aryl methyl sites for hydroxylation is 1. The summed E-state index contributed by atoms with van der Waals surface area (Å²) in [4.78, 5) is 22.8. The van der Waals surface area contributed by atoms with E-state index in [0.717, 1.165) is 4.88 Å². The molecule has 0 aliphatic heterocycles. The molecule has 0 unspecified atom stereocenters. The average Bonchev–Trinajstić information content (AvgIpc) is 2.69. The molecule has 0 aromatic carbocycles. The van der Waals surface area contributed by atoms with Crippen LogP contribution < -0.4 is 5.32 Å². The molecule has 0 aliphatic rings. The number of ether oxygens (including phenoxy) is 1. The van der Waals surface area contributed by atoms with E-state index in [1.54, 1.807) is 6.07 Å². The van der Waals surface area contributed by atoms with E-state index in [-0.39, 0.29) is 0 Å². The van der Waals surface area contributed by atoms with E-state index in [4.69, 9.17) is 16.7 Å². The van der Waals surface area contributed by atoms with Crippen molar-refractivity contribution in [1.29, 1.82) is 0 Å². The van der Waals surface area contributed by atoms with Crippen LogP contribution in [0.5, 0.6) is 0 Å². The Morgan fingerprint density at radius 3 is 2.76 bits per heavy atom. The highest BCUT2D eigenvalue weighted by Crippen LogP contribution is 2.22. The van der Waals surface area contributed by atoms with Crippen molar-refractivity contribution in [2.75, 3.05) is 7.11 Å². The van der Waals surface area contributed by atoms with Crippen molar-refractivity contribution in [2.24, 2.45) is 0 Å². The molecule has 1 atom stereocenters. The topological polar surface area (TPSA) is 75.6 Å². The zero-order valence-electron chi connectivity index (χ0n) is 9.10. The summed E-state index contributed by atoms with van der Waals surface area (Å²) < 4.78 is 5.02. The molecule has 17 heavy (non-hydrogen) atoms. The minimum atomic E-state index is -1.09. The number of carbonyl (C=O) groups excluding carboxylic acids is 1. The Hall–Kier alpha value is -1.27. The van der Waals surface area contributed by atoms with Crippen LogP contribution in [0, 0.1) is 0 Å². The van der Waals surface area contributed by atoms with Crippen molar-refractivity contribution in [3.8, 4) is 0 Å². The average molecular weight is 278 g/mol. The molecular weight excluding hydrogens is 266 g/mol. The molecule has 7 heteroatoms. The number of aliphatic carboxylic acids is 1. The maximum Gasteiger partial charge on any atom is 0.407 e. The lowest BCUT2D eigenvalue weighted by Crippen LogP contribution is -2.40. The molecule has 0 aliphatic carbocycles.